The lowest BCUT2D eigenvalue weighted by Crippen LogP contribution is -1.97. The van der Waals surface area contributed by atoms with Gasteiger partial charge in [-0.1, -0.05) is 42.5 Å². The average Bonchev–Trinajstić information content (AvgIpc) is 2.46. The molecule has 0 saturated carbocycles. The lowest BCUT2D eigenvalue weighted by molar-refractivity contribution is 0.111. The number of hydrogen-bond donors (Lipinski definition) is 0. The molecule has 18 heavy (non-hydrogen) atoms. The quantitative estimate of drug-likeness (QED) is 0.769. The molecular formula is C15H10O3. The van der Waals surface area contributed by atoms with Crippen LogP contribution in [0, 0.1) is 0 Å². The standard InChI is InChI=1S/C15H10O3/c16-8-11-4-1-2-7-14(11)15-12(9-17)5-3-6-13(15)10-18/h1-10H. The molecule has 0 aliphatic rings. The van der Waals surface area contributed by atoms with E-state index in [0.29, 0.717) is 46.7 Å². The number of carbonyl (C=O) groups is 3. The maximum Gasteiger partial charge on any atom is 0.150 e. The maximum atomic E-state index is 11.1. The van der Waals surface area contributed by atoms with Gasteiger partial charge in [0.25, 0.3) is 0 Å². The van der Waals surface area contributed by atoms with Crippen LogP contribution in [0.5, 0.6) is 0 Å². The summed E-state index contributed by atoms with van der Waals surface area (Å²) in [6.45, 7) is 0. The van der Waals surface area contributed by atoms with E-state index in [2.05, 4.69) is 0 Å². The first kappa shape index (κ1) is 11.9. The number of aldehydes is 3. The molecule has 2 aromatic rings. The summed E-state index contributed by atoms with van der Waals surface area (Å²) in [6.07, 6.45) is 2.08. The molecule has 0 fully saturated rings. The van der Waals surface area contributed by atoms with Gasteiger partial charge in [-0.15, -0.1) is 0 Å². The highest BCUT2D eigenvalue weighted by Gasteiger charge is 2.12. The molecule has 0 amide bonds. The molecule has 0 aliphatic carbocycles. The first-order chi connectivity index (χ1) is 8.81. The van der Waals surface area contributed by atoms with E-state index in [9.17, 15) is 14.4 Å². The minimum atomic E-state index is 0.397. The van der Waals surface area contributed by atoms with E-state index in [-0.39, 0.29) is 0 Å². The molecule has 0 heterocycles. The zero-order chi connectivity index (χ0) is 13.0. The van der Waals surface area contributed by atoms with Crippen LogP contribution in [0.15, 0.2) is 42.5 Å². The van der Waals surface area contributed by atoms with E-state index in [1.165, 1.54) is 0 Å². The van der Waals surface area contributed by atoms with Crippen molar-refractivity contribution in [3.05, 3.63) is 59.2 Å². The fourth-order valence-corrected chi connectivity index (χ4v) is 1.92. The van der Waals surface area contributed by atoms with Crippen LogP contribution in [0.4, 0.5) is 0 Å². The molecule has 0 saturated heterocycles. The Morgan fingerprint density at radius 1 is 0.611 bits per heavy atom. The van der Waals surface area contributed by atoms with Crippen molar-refractivity contribution in [1.29, 1.82) is 0 Å². The molecule has 0 N–H and O–H groups in total. The molecule has 0 aliphatic heterocycles. The van der Waals surface area contributed by atoms with Crippen molar-refractivity contribution in [3.8, 4) is 11.1 Å². The van der Waals surface area contributed by atoms with Crippen LogP contribution in [0.3, 0.4) is 0 Å². The van der Waals surface area contributed by atoms with Crippen molar-refractivity contribution in [3.63, 3.8) is 0 Å². The first-order valence-corrected chi connectivity index (χ1v) is 5.39. The van der Waals surface area contributed by atoms with Crippen LogP contribution in [-0.4, -0.2) is 18.9 Å². The smallest absolute Gasteiger partial charge is 0.150 e. The van der Waals surface area contributed by atoms with Crippen molar-refractivity contribution < 1.29 is 14.4 Å². The van der Waals surface area contributed by atoms with E-state index >= 15 is 0 Å². The molecular weight excluding hydrogens is 228 g/mol. The topological polar surface area (TPSA) is 51.2 Å². The van der Waals surface area contributed by atoms with Gasteiger partial charge in [0, 0.05) is 22.3 Å². The zero-order valence-corrected chi connectivity index (χ0v) is 9.50. The second kappa shape index (κ2) is 5.19. The Kier molecular flexibility index (Phi) is 3.44. The molecule has 3 heteroatoms. The number of carbonyl (C=O) groups excluding carboxylic acids is 3. The van der Waals surface area contributed by atoms with Crippen LogP contribution in [0.25, 0.3) is 11.1 Å². The van der Waals surface area contributed by atoms with E-state index in [0.717, 1.165) is 0 Å². The minimum absolute atomic E-state index is 0.397. The van der Waals surface area contributed by atoms with Crippen LogP contribution >= 0.6 is 0 Å². The molecule has 0 aromatic heterocycles. The highest BCUT2D eigenvalue weighted by atomic mass is 16.1. The lowest BCUT2D eigenvalue weighted by Gasteiger charge is -2.10. The molecule has 88 valence electrons. The third-order valence-electron chi connectivity index (χ3n) is 2.74. The number of benzene rings is 2. The van der Waals surface area contributed by atoms with Gasteiger partial charge in [0.05, 0.1) is 0 Å². The summed E-state index contributed by atoms with van der Waals surface area (Å²) in [4.78, 5) is 33.2. The molecule has 0 bridgehead atoms. The largest absolute Gasteiger partial charge is 0.298 e. The molecule has 3 nitrogen and oxygen atoms in total. The van der Waals surface area contributed by atoms with Crippen molar-refractivity contribution in [2.45, 2.75) is 0 Å². The van der Waals surface area contributed by atoms with Gasteiger partial charge in [-0.05, 0) is 5.56 Å². The third-order valence-corrected chi connectivity index (χ3v) is 2.74. The van der Waals surface area contributed by atoms with Crippen molar-refractivity contribution in [2.75, 3.05) is 0 Å². The van der Waals surface area contributed by atoms with Crippen LogP contribution < -0.4 is 0 Å². The van der Waals surface area contributed by atoms with Crippen LogP contribution in [-0.2, 0) is 0 Å². The molecule has 2 rings (SSSR count). The van der Waals surface area contributed by atoms with E-state index in [1.807, 2.05) is 0 Å². The normalized spacial score (nSPS) is 9.78. The van der Waals surface area contributed by atoms with Gasteiger partial charge in [0.15, 0.2) is 18.9 Å². The summed E-state index contributed by atoms with van der Waals surface area (Å²) in [5.74, 6) is 0. The predicted molar refractivity (Wildman–Crippen MR) is 68.0 cm³/mol. The number of rotatable bonds is 4. The van der Waals surface area contributed by atoms with Gasteiger partial charge in [-0.2, -0.15) is 0 Å². The fourth-order valence-electron chi connectivity index (χ4n) is 1.92. The maximum absolute atomic E-state index is 11.1. The van der Waals surface area contributed by atoms with Crippen molar-refractivity contribution in [1.82, 2.24) is 0 Å². The predicted octanol–water partition coefficient (Wildman–Crippen LogP) is 2.79. The van der Waals surface area contributed by atoms with Crippen LogP contribution in [0.2, 0.25) is 0 Å². The summed E-state index contributed by atoms with van der Waals surface area (Å²) in [7, 11) is 0. The Bertz CT molecular complexity index is 589. The summed E-state index contributed by atoms with van der Waals surface area (Å²) >= 11 is 0. The lowest BCUT2D eigenvalue weighted by atomic mass is 9.92. The Morgan fingerprint density at radius 3 is 1.67 bits per heavy atom. The van der Waals surface area contributed by atoms with Gasteiger partial charge in [0.1, 0.15) is 0 Å². The Labute approximate surface area is 104 Å². The molecule has 0 unspecified atom stereocenters. The van der Waals surface area contributed by atoms with Crippen LogP contribution in [0.1, 0.15) is 31.1 Å². The summed E-state index contributed by atoms with van der Waals surface area (Å²) in [6, 6.07) is 11.8. The minimum Gasteiger partial charge on any atom is -0.298 e. The van der Waals surface area contributed by atoms with E-state index < -0.39 is 0 Å². The Morgan fingerprint density at radius 2 is 1.11 bits per heavy atom. The molecule has 0 radical (unpaired) electrons. The zero-order valence-electron chi connectivity index (χ0n) is 9.50. The van der Waals surface area contributed by atoms with Gasteiger partial charge in [0.2, 0.25) is 0 Å². The molecule has 0 atom stereocenters. The SMILES string of the molecule is O=Cc1ccccc1-c1c(C=O)cccc1C=O. The second-order valence-electron chi connectivity index (χ2n) is 3.75. The third kappa shape index (κ3) is 1.98. The summed E-state index contributed by atoms with van der Waals surface area (Å²) in [5, 5.41) is 0. The Hall–Kier alpha value is -2.55. The van der Waals surface area contributed by atoms with Crippen molar-refractivity contribution in [2.24, 2.45) is 0 Å². The second-order valence-corrected chi connectivity index (χ2v) is 3.75. The fraction of sp³-hybridized carbons (Fsp3) is 0. The number of hydrogen-bond acceptors (Lipinski definition) is 3. The molecule has 2 aromatic carbocycles. The summed E-state index contributed by atoms with van der Waals surface area (Å²) < 4.78 is 0. The van der Waals surface area contributed by atoms with Gasteiger partial charge in [-0.25, -0.2) is 0 Å². The summed E-state index contributed by atoms with van der Waals surface area (Å²) in [5.41, 5.74) is 2.35. The van der Waals surface area contributed by atoms with Gasteiger partial charge in [-0.3, -0.25) is 14.4 Å². The molecule has 0 spiro atoms. The average molecular weight is 238 g/mol. The monoisotopic (exact) mass is 238 g/mol. The van der Waals surface area contributed by atoms with E-state index in [1.54, 1.807) is 42.5 Å². The highest BCUT2D eigenvalue weighted by Crippen LogP contribution is 2.28. The van der Waals surface area contributed by atoms with Crippen molar-refractivity contribution >= 4 is 18.9 Å². The van der Waals surface area contributed by atoms with Gasteiger partial charge < -0.3 is 0 Å². The van der Waals surface area contributed by atoms with E-state index in [4.69, 9.17) is 0 Å². The van der Waals surface area contributed by atoms with Gasteiger partial charge >= 0.3 is 0 Å². The Balaban J connectivity index is 2.80. The highest BCUT2D eigenvalue weighted by molar-refractivity contribution is 6.00. The first-order valence-electron chi connectivity index (χ1n) is 5.39.